The van der Waals surface area contributed by atoms with Crippen LogP contribution < -0.4 is 11.1 Å². The molecular weight excluding hydrogens is 272 g/mol. The second kappa shape index (κ2) is 8.79. The maximum absolute atomic E-state index is 11.3. The molecule has 0 aromatic rings. The summed E-state index contributed by atoms with van der Waals surface area (Å²) in [4.78, 5) is 22.4. The predicted octanol–water partition coefficient (Wildman–Crippen LogP) is 1.20. The highest BCUT2D eigenvalue weighted by atomic mass is 16.5. The molecule has 0 fully saturated rings. The molecule has 0 heterocycles. The number of carbonyl (C=O) groups is 2. The van der Waals surface area contributed by atoms with E-state index < -0.39 is 18.1 Å². The first-order valence-corrected chi connectivity index (χ1v) is 7.54. The summed E-state index contributed by atoms with van der Waals surface area (Å²) in [6, 6.07) is -0.831. The van der Waals surface area contributed by atoms with E-state index >= 15 is 0 Å². The first-order chi connectivity index (χ1) is 9.95. The Bertz CT molecular complexity index is 395. The van der Waals surface area contributed by atoms with Crippen molar-refractivity contribution in [2.75, 3.05) is 6.61 Å². The Labute approximate surface area is 125 Å². The largest absolute Gasteiger partial charge is 0.478 e. The van der Waals surface area contributed by atoms with Crippen molar-refractivity contribution >= 4 is 11.9 Å². The summed E-state index contributed by atoms with van der Waals surface area (Å²) in [6.07, 6.45) is 5.62. The second-order valence-electron chi connectivity index (χ2n) is 5.49. The van der Waals surface area contributed by atoms with Gasteiger partial charge in [0.05, 0.1) is 12.1 Å². The zero-order valence-corrected chi connectivity index (χ0v) is 12.8. The Morgan fingerprint density at radius 3 is 2.71 bits per heavy atom. The van der Waals surface area contributed by atoms with E-state index in [9.17, 15) is 9.59 Å². The number of unbranched alkanes of at least 4 members (excludes halogenated alkanes) is 3. The number of hydrogen-bond donors (Lipinski definition) is 3. The van der Waals surface area contributed by atoms with Gasteiger partial charge in [-0.2, -0.15) is 0 Å². The minimum absolute atomic E-state index is 0.192. The van der Waals surface area contributed by atoms with E-state index in [1.54, 1.807) is 6.08 Å². The third kappa shape index (κ3) is 5.85. The fourth-order valence-corrected chi connectivity index (χ4v) is 2.48. The summed E-state index contributed by atoms with van der Waals surface area (Å²) in [5.41, 5.74) is 6.25. The maximum atomic E-state index is 11.3. The van der Waals surface area contributed by atoms with E-state index in [1.807, 2.05) is 0 Å². The van der Waals surface area contributed by atoms with Gasteiger partial charge in [0.1, 0.15) is 0 Å². The van der Waals surface area contributed by atoms with Crippen molar-refractivity contribution in [1.82, 2.24) is 5.32 Å². The molecule has 0 saturated heterocycles. The molecule has 0 aliphatic heterocycles. The van der Waals surface area contributed by atoms with Crippen molar-refractivity contribution in [2.45, 2.75) is 64.1 Å². The Morgan fingerprint density at radius 2 is 2.14 bits per heavy atom. The van der Waals surface area contributed by atoms with Gasteiger partial charge in [-0.25, -0.2) is 4.79 Å². The molecule has 6 nitrogen and oxygen atoms in total. The lowest BCUT2D eigenvalue weighted by Crippen LogP contribution is -2.56. The summed E-state index contributed by atoms with van der Waals surface area (Å²) >= 11 is 0. The summed E-state index contributed by atoms with van der Waals surface area (Å²) in [7, 11) is 0. The minimum atomic E-state index is -0.980. The molecule has 0 aromatic heterocycles. The molecule has 0 spiro atoms. The number of carbonyl (C=O) groups excluding carboxylic acids is 1. The van der Waals surface area contributed by atoms with E-state index in [0.29, 0.717) is 6.61 Å². The number of carboxylic acid groups (broad SMARTS) is 1. The molecule has 0 bridgehead atoms. The molecule has 120 valence electrons. The van der Waals surface area contributed by atoms with Crippen molar-refractivity contribution in [3.8, 4) is 0 Å². The molecule has 0 aromatic carbocycles. The molecule has 1 rings (SSSR count). The van der Waals surface area contributed by atoms with E-state index in [0.717, 1.165) is 25.7 Å². The average Bonchev–Trinajstić information content (AvgIpc) is 2.41. The van der Waals surface area contributed by atoms with Gasteiger partial charge in [-0.3, -0.25) is 4.79 Å². The van der Waals surface area contributed by atoms with Crippen molar-refractivity contribution in [3.05, 3.63) is 11.6 Å². The Kier molecular flexibility index (Phi) is 7.39. The van der Waals surface area contributed by atoms with Crippen LogP contribution in [0.5, 0.6) is 0 Å². The van der Waals surface area contributed by atoms with Gasteiger partial charge in [0, 0.05) is 25.1 Å². The van der Waals surface area contributed by atoms with Crippen molar-refractivity contribution in [1.29, 1.82) is 0 Å². The van der Waals surface area contributed by atoms with E-state index in [4.69, 9.17) is 15.6 Å². The number of ether oxygens (including phenoxy) is 1. The second-order valence-corrected chi connectivity index (χ2v) is 5.49. The van der Waals surface area contributed by atoms with Crippen LogP contribution in [0.1, 0.15) is 46.0 Å². The zero-order chi connectivity index (χ0) is 15.8. The van der Waals surface area contributed by atoms with Crippen LogP contribution in [0, 0.1) is 0 Å². The van der Waals surface area contributed by atoms with E-state index in [2.05, 4.69) is 12.2 Å². The van der Waals surface area contributed by atoms with Gasteiger partial charge in [0.15, 0.2) is 0 Å². The number of rotatable bonds is 8. The summed E-state index contributed by atoms with van der Waals surface area (Å²) in [5, 5.41) is 11.9. The van der Waals surface area contributed by atoms with E-state index in [1.165, 1.54) is 6.92 Å². The fourth-order valence-electron chi connectivity index (χ4n) is 2.48. The van der Waals surface area contributed by atoms with Crippen LogP contribution in [0.2, 0.25) is 0 Å². The summed E-state index contributed by atoms with van der Waals surface area (Å²) < 4.78 is 5.76. The van der Waals surface area contributed by atoms with Gasteiger partial charge < -0.3 is 20.9 Å². The van der Waals surface area contributed by atoms with Gasteiger partial charge in [-0.15, -0.1) is 0 Å². The number of amides is 1. The van der Waals surface area contributed by atoms with Crippen LogP contribution in [0.4, 0.5) is 0 Å². The van der Waals surface area contributed by atoms with Crippen molar-refractivity contribution in [2.24, 2.45) is 5.73 Å². The number of nitrogens with one attached hydrogen (secondary N) is 1. The van der Waals surface area contributed by atoms with E-state index in [-0.39, 0.29) is 23.9 Å². The molecular formula is C15H26N2O4. The molecule has 0 radical (unpaired) electrons. The van der Waals surface area contributed by atoms with Gasteiger partial charge in [0.2, 0.25) is 5.91 Å². The first-order valence-electron chi connectivity index (χ1n) is 7.54. The zero-order valence-electron chi connectivity index (χ0n) is 12.8. The van der Waals surface area contributed by atoms with Crippen LogP contribution >= 0.6 is 0 Å². The monoisotopic (exact) mass is 298 g/mol. The highest BCUT2D eigenvalue weighted by Gasteiger charge is 2.34. The van der Waals surface area contributed by atoms with Gasteiger partial charge in [-0.1, -0.05) is 26.2 Å². The molecule has 3 atom stereocenters. The number of hydrogen-bond acceptors (Lipinski definition) is 4. The Morgan fingerprint density at radius 1 is 1.43 bits per heavy atom. The van der Waals surface area contributed by atoms with Crippen LogP contribution in [0.25, 0.3) is 0 Å². The van der Waals surface area contributed by atoms with Crippen LogP contribution in [-0.2, 0) is 14.3 Å². The molecule has 21 heavy (non-hydrogen) atoms. The summed E-state index contributed by atoms with van der Waals surface area (Å²) in [5.74, 6) is -1.17. The highest BCUT2D eigenvalue weighted by Crippen LogP contribution is 2.21. The molecule has 1 aliphatic rings. The molecule has 1 unspecified atom stereocenters. The Balaban J connectivity index is 2.67. The third-order valence-electron chi connectivity index (χ3n) is 3.59. The first kappa shape index (κ1) is 17.7. The molecule has 1 aliphatic carbocycles. The maximum Gasteiger partial charge on any atom is 0.331 e. The number of aliphatic carboxylic acids is 1. The van der Waals surface area contributed by atoms with Crippen LogP contribution in [-0.4, -0.2) is 41.8 Å². The minimum Gasteiger partial charge on any atom is -0.478 e. The van der Waals surface area contributed by atoms with Gasteiger partial charge >= 0.3 is 5.97 Å². The number of nitrogens with two attached hydrogens (primary N) is 1. The topological polar surface area (TPSA) is 102 Å². The SMILES string of the molecule is CCCCCCOC1C=C(C(=O)O)C[C@H](N)[C@H]1NC(C)=O. The average molecular weight is 298 g/mol. The lowest BCUT2D eigenvalue weighted by Gasteiger charge is -2.34. The van der Waals surface area contributed by atoms with Crippen LogP contribution in [0.15, 0.2) is 11.6 Å². The predicted molar refractivity (Wildman–Crippen MR) is 79.8 cm³/mol. The molecule has 0 saturated carbocycles. The lowest BCUT2D eigenvalue weighted by molar-refractivity contribution is -0.133. The highest BCUT2D eigenvalue weighted by molar-refractivity contribution is 5.87. The molecule has 4 N–H and O–H groups in total. The molecule has 6 heteroatoms. The quantitative estimate of drug-likeness (QED) is 0.584. The van der Waals surface area contributed by atoms with Crippen LogP contribution in [0.3, 0.4) is 0 Å². The lowest BCUT2D eigenvalue weighted by atomic mass is 9.88. The van der Waals surface area contributed by atoms with Crippen molar-refractivity contribution in [3.63, 3.8) is 0 Å². The summed E-state index contributed by atoms with van der Waals surface area (Å²) in [6.45, 7) is 4.09. The van der Waals surface area contributed by atoms with Gasteiger partial charge in [-0.05, 0) is 18.9 Å². The standard InChI is InChI=1S/C15H26N2O4/c1-3-4-5-6-7-21-13-9-11(15(19)20)8-12(16)14(13)17-10(2)18/h9,12-14H,3-8,16H2,1-2H3,(H,17,18)(H,19,20)/t12-,13?,14+/m0/s1. The normalized spacial score (nSPS) is 25.3. The number of carboxylic acids is 1. The molecule has 1 amide bonds. The van der Waals surface area contributed by atoms with Crippen molar-refractivity contribution < 1.29 is 19.4 Å². The fraction of sp³-hybridized carbons (Fsp3) is 0.733. The third-order valence-corrected chi connectivity index (χ3v) is 3.59. The smallest absolute Gasteiger partial charge is 0.331 e. The Hall–Kier alpha value is -1.40. The van der Waals surface area contributed by atoms with Gasteiger partial charge in [0.25, 0.3) is 0 Å².